The van der Waals surface area contributed by atoms with Crippen molar-refractivity contribution in [2.75, 3.05) is 24.5 Å². The van der Waals surface area contributed by atoms with Crippen LogP contribution in [0.4, 0.5) is 10.1 Å². The quantitative estimate of drug-likeness (QED) is 0.720. The summed E-state index contributed by atoms with van der Waals surface area (Å²) >= 11 is 0. The summed E-state index contributed by atoms with van der Waals surface area (Å²) in [5.41, 5.74) is 5.96. The van der Waals surface area contributed by atoms with Gasteiger partial charge in [-0.25, -0.2) is 4.39 Å². The van der Waals surface area contributed by atoms with E-state index in [0.29, 0.717) is 31.2 Å². The van der Waals surface area contributed by atoms with Gasteiger partial charge in [0.05, 0.1) is 16.8 Å². The van der Waals surface area contributed by atoms with Crippen LogP contribution in [0.5, 0.6) is 0 Å². The summed E-state index contributed by atoms with van der Waals surface area (Å²) in [4.78, 5) is 51.9. The molecule has 3 aliphatic rings. The third-order valence-corrected chi connectivity index (χ3v) is 6.04. The Hall–Kier alpha value is -2.81. The molecule has 2 fully saturated rings. The highest BCUT2D eigenvalue weighted by Gasteiger charge is 2.45. The second-order valence-corrected chi connectivity index (χ2v) is 7.80. The van der Waals surface area contributed by atoms with Gasteiger partial charge < -0.3 is 10.6 Å². The maximum Gasteiger partial charge on any atom is 0.262 e. The molecule has 0 bridgehead atoms. The van der Waals surface area contributed by atoms with E-state index < -0.39 is 35.5 Å². The molecular formula is C20H23FN4O4. The SMILES string of the molecule is NCCC1CCN(c2cc3c(cc2F)C(=O)N(C2CCC(=O)NC2=O)C3=O)CC1. The zero-order valence-electron chi connectivity index (χ0n) is 15.9. The first kappa shape index (κ1) is 19.5. The standard InChI is InChI=1S/C20H23FN4O4/c21-14-9-12-13(10-16(14)24-7-4-11(3-6-22)5-8-24)20(29)25(19(12)28)15-1-2-17(26)23-18(15)27/h9-11,15H,1-8,22H2,(H,23,26,27). The van der Waals surface area contributed by atoms with Crippen LogP contribution in [0.25, 0.3) is 0 Å². The topological polar surface area (TPSA) is 113 Å². The minimum absolute atomic E-state index is 0.0426. The molecule has 1 aromatic rings. The van der Waals surface area contributed by atoms with Gasteiger partial charge in [0, 0.05) is 19.5 Å². The van der Waals surface area contributed by atoms with E-state index in [1.54, 1.807) is 0 Å². The van der Waals surface area contributed by atoms with Crippen LogP contribution in [0, 0.1) is 11.7 Å². The Labute approximate surface area is 167 Å². The fraction of sp³-hybridized carbons (Fsp3) is 0.500. The number of fused-ring (bicyclic) bond motifs is 1. The Morgan fingerprint density at radius 1 is 1.03 bits per heavy atom. The highest BCUT2D eigenvalue weighted by molar-refractivity contribution is 6.23. The second-order valence-electron chi connectivity index (χ2n) is 7.80. The minimum Gasteiger partial charge on any atom is -0.369 e. The molecule has 8 nitrogen and oxygen atoms in total. The van der Waals surface area contributed by atoms with Crippen molar-refractivity contribution in [3.8, 4) is 0 Å². The number of halogens is 1. The molecule has 0 radical (unpaired) electrons. The first-order chi connectivity index (χ1) is 13.9. The largest absolute Gasteiger partial charge is 0.369 e. The third kappa shape index (κ3) is 3.39. The summed E-state index contributed by atoms with van der Waals surface area (Å²) in [6.45, 7) is 1.93. The minimum atomic E-state index is -1.06. The molecule has 3 heterocycles. The van der Waals surface area contributed by atoms with E-state index in [1.807, 2.05) is 4.90 Å². The molecule has 29 heavy (non-hydrogen) atoms. The van der Waals surface area contributed by atoms with E-state index >= 15 is 0 Å². The van der Waals surface area contributed by atoms with Crippen LogP contribution in [0.1, 0.15) is 52.8 Å². The molecule has 154 valence electrons. The maximum atomic E-state index is 14.8. The van der Waals surface area contributed by atoms with Gasteiger partial charge in [-0.3, -0.25) is 29.4 Å². The number of hydrogen-bond donors (Lipinski definition) is 2. The van der Waals surface area contributed by atoms with E-state index in [-0.39, 0.29) is 24.0 Å². The normalized spacial score (nSPS) is 22.9. The van der Waals surface area contributed by atoms with Gasteiger partial charge in [-0.1, -0.05) is 0 Å². The zero-order chi connectivity index (χ0) is 20.7. The van der Waals surface area contributed by atoms with E-state index in [4.69, 9.17) is 5.73 Å². The number of anilines is 1. The molecule has 9 heteroatoms. The van der Waals surface area contributed by atoms with Crippen molar-refractivity contribution in [3.63, 3.8) is 0 Å². The number of imide groups is 2. The molecule has 1 atom stereocenters. The van der Waals surface area contributed by atoms with Crippen molar-refractivity contribution in [2.24, 2.45) is 11.7 Å². The van der Waals surface area contributed by atoms with Crippen LogP contribution in [0.15, 0.2) is 12.1 Å². The predicted octanol–water partition coefficient (Wildman–Crippen LogP) is 0.792. The van der Waals surface area contributed by atoms with E-state index in [9.17, 15) is 23.6 Å². The van der Waals surface area contributed by atoms with Gasteiger partial charge in [-0.15, -0.1) is 0 Å². The summed E-state index contributed by atoms with van der Waals surface area (Å²) in [6, 6.07) is 1.45. The van der Waals surface area contributed by atoms with Crippen LogP contribution >= 0.6 is 0 Å². The fourth-order valence-electron chi connectivity index (χ4n) is 4.42. The summed E-state index contributed by atoms with van der Waals surface area (Å²) < 4.78 is 14.8. The molecular weight excluding hydrogens is 379 g/mol. The second kappa shape index (κ2) is 7.55. The van der Waals surface area contributed by atoms with Gasteiger partial charge in [0.15, 0.2) is 0 Å². The molecule has 2 saturated heterocycles. The first-order valence-corrected chi connectivity index (χ1v) is 9.91. The molecule has 1 aromatic carbocycles. The lowest BCUT2D eigenvalue weighted by molar-refractivity contribution is -0.136. The van der Waals surface area contributed by atoms with Crippen molar-refractivity contribution < 1.29 is 23.6 Å². The van der Waals surface area contributed by atoms with Gasteiger partial charge in [-0.05, 0) is 50.3 Å². The van der Waals surface area contributed by atoms with E-state index in [1.165, 1.54) is 6.07 Å². The Morgan fingerprint density at radius 3 is 2.31 bits per heavy atom. The zero-order valence-corrected chi connectivity index (χ0v) is 15.9. The van der Waals surface area contributed by atoms with Crippen LogP contribution < -0.4 is 16.0 Å². The van der Waals surface area contributed by atoms with E-state index in [2.05, 4.69) is 5.32 Å². The number of nitrogens with zero attached hydrogens (tertiary/aromatic N) is 2. The number of nitrogens with one attached hydrogen (secondary N) is 1. The van der Waals surface area contributed by atoms with Gasteiger partial charge in [0.1, 0.15) is 11.9 Å². The van der Waals surface area contributed by atoms with Crippen LogP contribution in [0.2, 0.25) is 0 Å². The summed E-state index contributed by atoms with van der Waals surface area (Å²) in [5.74, 6) is -2.50. The fourth-order valence-corrected chi connectivity index (χ4v) is 4.42. The molecule has 0 aliphatic carbocycles. The smallest absolute Gasteiger partial charge is 0.262 e. The van der Waals surface area contributed by atoms with Gasteiger partial charge in [0.2, 0.25) is 11.8 Å². The Balaban J connectivity index is 1.58. The number of nitrogens with two attached hydrogens (primary N) is 1. The summed E-state index contributed by atoms with van der Waals surface area (Å²) in [7, 11) is 0. The molecule has 0 spiro atoms. The maximum absolute atomic E-state index is 14.8. The van der Waals surface area contributed by atoms with Crippen molar-refractivity contribution in [2.45, 2.75) is 38.1 Å². The lowest BCUT2D eigenvalue weighted by atomic mass is 9.93. The molecule has 1 unspecified atom stereocenters. The Kier molecular flexibility index (Phi) is 5.08. The molecule has 4 rings (SSSR count). The van der Waals surface area contributed by atoms with Crippen LogP contribution in [-0.4, -0.2) is 54.2 Å². The average Bonchev–Trinajstić information content (AvgIpc) is 2.92. The summed E-state index contributed by atoms with van der Waals surface area (Å²) in [6.07, 6.45) is 2.84. The van der Waals surface area contributed by atoms with Crippen molar-refractivity contribution in [1.29, 1.82) is 0 Å². The lowest BCUT2D eigenvalue weighted by Crippen LogP contribution is -2.54. The van der Waals surface area contributed by atoms with Crippen molar-refractivity contribution >= 4 is 29.3 Å². The van der Waals surface area contributed by atoms with Gasteiger partial charge in [0.25, 0.3) is 11.8 Å². The Bertz CT molecular complexity index is 895. The number of piperidine rings is 2. The Morgan fingerprint density at radius 2 is 1.69 bits per heavy atom. The average molecular weight is 402 g/mol. The molecule has 0 aromatic heterocycles. The van der Waals surface area contributed by atoms with Gasteiger partial charge >= 0.3 is 0 Å². The van der Waals surface area contributed by atoms with E-state index in [0.717, 1.165) is 30.2 Å². The lowest BCUT2D eigenvalue weighted by Gasteiger charge is -2.33. The summed E-state index contributed by atoms with van der Waals surface area (Å²) in [5, 5.41) is 2.15. The number of amides is 4. The number of rotatable bonds is 4. The number of benzene rings is 1. The van der Waals surface area contributed by atoms with Crippen LogP contribution in [-0.2, 0) is 9.59 Å². The van der Waals surface area contributed by atoms with Crippen molar-refractivity contribution in [1.82, 2.24) is 10.2 Å². The van der Waals surface area contributed by atoms with Crippen molar-refractivity contribution in [3.05, 3.63) is 29.1 Å². The van der Waals surface area contributed by atoms with Crippen LogP contribution in [0.3, 0.4) is 0 Å². The highest BCUT2D eigenvalue weighted by Crippen LogP contribution is 2.34. The number of carbonyl (C=O) groups excluding carboxylic acids is 4. The molecule has 4 amide bonds. The third-order valence-electron chi connectivity index (χ3n) is 6.04. The number of hydrogen-bond acceptors (Lipinski definition) is 6. The van der Waals surface area contributed by atoms with Gasteiger partial charge in [-0.2, -0.15) is 0 Å². The highest BCUT2D eigenvalue weighted by atomic mass is 19.1. The monoisotopic (exact) mass is 402 g/mol. The molecule has 3 N–H and O–H groups in total. The number of carbonyl (C=O) groups is 4. The molecule has 0 saturated carbocycles. The first-order valence-electron chi connectivity index (χ1n) is 9.91. The molecule has 3 aliphatic heterocycles. The predicted molar refractivity (Wildman–Crippen MR) is 102 cm³/mol.